The zero-order chi connectivity index (χ0) is 38.7. The van der Waals surface area contributed by atoms with Crippen molar-refractivity contribution in [2.45, 2.75) is 0 Å². The van der Waals surface area contributed by atoms with Crippen LogP contribution in [0.2, 0.25) is 0 Å². The van der Waals surface area contributed by atoms with Crippen LogP contribution in [0.4, 0.5) is 0 Å². The lowest BCUT2D eigenvalue weighted by atomic mass is 9.83. The molecule has 0 bridgehead atoms. The number of benzene rings is 9. The molecule has 9 aromatic carbocycles. The highest BCUT2D eigenvalue weighted by atomic mass is 16.3. The SMILES string of the molecule is [2H]c1c([2H])c([2H])c2c(c1[2H])c([2H])c(-c1c3ccccc3c(-c3cccc4oc5cc(-c6ccccc6)ccc5c34)c3ccccc13)c1c([2H])c([2H])c([2H])c([2H])c12. The van der Waals surface area contributed by atoms with Crippen LogP contribution < -0.4 is 0 Å². The van der Waals surface area contributed by atoms with Gasteiger partial charge in [-0.3, -0.25) is 0 Å². The van der Waals surface area contributed by atoms with Crippen LogP contribution >= 0.6 is 0 Å². The van der Waals surface area contributed by atoms with Crippen LogP contribution in [0.5, 0.6) is 0 Å². The minimum atomic E-state index is -0.541. The summed E-state index contributed by atoms with van der Waals surface area (Å²) in [5, 5.41) is 4.72. The van der Waals surface area contributed by atoms with E-state index in [0.29, 0.717) is 16.3 Å². The van der Waals surface area contributed by atoms with E-state index in [4.69, 9.17) is 14.0 Å². The Bertz CT molecular complexity index is 3300. The van der Waals surface area contributed by atoms with E-state index < -0.39 is 42.3 Å². The summed E-state index contributed by atoms with van der Waals surface area (Å²) >= 11 is 0. The van der Waals surface area contributed by atoms with Gasteiger partial charge in [-0.25, -0.2) is 0 Å². The van der Waals surface area contributed by atoms with E-state index in [1.165, 1.54) is 0 Å². The fourth-order valence-electron chi connectivity index (χ4n) is 7.19. The van der Waals surface area contributed by atoms with Gasteiger partial charge in [0.2, 0.25) is 0 Å². The highest BCUT2D eigenvalue weighted by Gasteiger charge is 2.21. The van der Waals surface area contributed by atoms with Crippen molar-refractivity contribution >= 4 is 65.0 Å². The molecule has 1 nitrogen and oxygen atoms in total. The third-order valence-corrected chi connectivity index (χ3v) is 9.18. The van der Waals surface area contributed by atoms with Crippen LogP contribution in [0.1, 0.15) is 12.3 Å². The van der Waals surface area contributed by atoms with Gasteiger partial charge in [-0.15, -0.1) is 0 Å². The summed E-state index contributed by atoms with van der Waals surface area (Å²) < 4.78 is 86.8. The molecule has 0 saturated carbocycles. The third-order valence-electron chi connectivity index (χ3n) is 9.18. The lowest BCUT2D eigenvalue weighted by molar-refractivity contribution is 0.669. The molecule has 0 atom stereocenters. The van der Waals surface area contributed by atoms with Gasteiger partial charge in [0, 0.05) is 10.8 Å². The van der Waals surface area contributed by atoms with Crippen molar-refractivity contribution in [2.75, 3.05) is 0 Å². The Morgan fingerprint density at radius 2 is 1.02 bits per heavy atom. The van der Waals surface area contributed by atoms with Crippen molar-refractivity contribution in [1.29, 1.82) is 0 Å². The van der Waals surface area contributed by atoms with Gasteiger partial charge in [-0.1, -0.05) is 145 Å². The molecule has 10 aromatic rings. The first-order valence-electron chi connectivity index (χ1n) is 20.0. The predicted molar refractivity (Wildman–Crippen MR) is 200 cm³/mol. The lowest BCUT2D eigenvalue weighted by Gasteiger charge is -2.20. The maximum absolute atomic E-state index is 9.77. The molecule has 1 aromatic heterocycles. The van der Waals surface area contributed by atoms with Gasteiger partial charge in [0.25, 0.3) is 0 Å². The molecule has 1 heteroatoms. The monoisotopic (exact) mass is 605 g/mol. The van der Waals surface area contributed by atoms with Gasteiger partial charge in [-0.05, 0) is 101 Å². The summed E-state index contributed by atoms with van der Waals surface area (Å²) in [6.07, 6.45) is 0. The fourth-order valence-corrected chi connectivity index (χ4v) is 7.19. The molecule has 0 saturated heterocycles. The Morgan fingerprint density at radius 3 is 1.74 bits per heavy atom. The largest absolute Gasteiger partial charge is 0.456 e. The van der Waals surface area contributed by atoms with Gasteiger partial charge < -0.3 is 4.42 Å². The molecule has 0 aliphatic carbocycles. The molecule has 0 aliphatic heterocycles. The molecule has 0 spiro atoms. The van der Waals surface area contributed by atoms with E-state index in [1.54, 1.807) is 0 Å². The van der Waals surface area contributed by atoms with E-state index in [9.17, 15) is 2.74 Å². The Labute approximate surface area is 284 Å². The molecule has 10 rings (SSSR count). The van der Waals surface area contributed by atoms with Gasteiger partial charge in [-0.2, -0.15) is 0 Å². The van der Waals surface area contributed by atoms with Gasteiger partial charge in [0.1, 0.15) is 11.2 Å². The minimum absolute atomic E-state index is 0.0266. The van der Waals surface area contributed by atoms with Crippen molar-refractivity contribution in [1.82, 2.24) is 0 Å². The molecule has 1 heterocycles. The average molecular weight is 606 g/mol. The van der Waals surface area contributed by atoms with E-state index in [0.717, 1.165) is 55.0 Å². The number of hydrogen-bond donors (Lipinski definition) is 0. The van der Waals surface area contributed by atoms with E-state index in [1.807, 2.05) is 78.9 Å². The normalized spacial score (nSPS) is 14.5. The van der Waals surface area contributed by atoms with Gasteiger partial charge in [0.05, 0.1) is 12.3 Å². The second-order valence-corrected chi connectivity index (χ2v) is 11.7. The second kappa shape index (κ2) is 10.2. The second-order valence-electron chi connectivity index (χ2n) is 11.7. The molecular formula is C46H28O. The van der Waals surface area contributed by atoms with Crippen molar-refractivity contribution in [2.24, 2.45) is 0 Å². The Hall–Kier alpha value is -6.18. The van der Waals surface area contributed by atoms with Crippen LogP contribution in [0, 0.1) is 0 Å². The summed E-state index contributed by atoms with van der Waals surface area (Å²) in [6.45, 7) is 0. The summed E-state index contributed by atoms with van der Waals surface area (Å²) in [4.78, 5) is 0. The van der Waals surface area contributed by atoms with Crippen LogP contribution in [0.25, 0.3) is 98.4 Å². The maximum atomic E-state index is 9.77. The minimum Gasteiger partial charge on any atom is -0.456 e. The molecule has 0 unspecified atom stereocenters. The van der Waals surface area contributed by atoms with Crippen LogP contribution in [-0.4, -0.2) is 0 Å². The van der Waals surface area contributed by atoms with Crippen molar-refractivity contribution < 1.29 is 16.8 Å². The quantitative estimate of drug-likeness (QED) is 0.144. The Balaban J connectivity index is 1.38. The number of hydrogen-bond acceptors (Lipinski definition) is 1. The molecule has 47 heavy (non-hydrogen) atoms. The maximum Gasteiger partial charge on any atom is 0.136 e. The molecule has 0 amide bonds. The Kier molecular flexibility index (Phi) is 4.05. The molecule has 0 fully saturated rings. The van der Waals surface area contributed by atoms with E-state index in [-0.39, 0.29) is 39.2 Å². The first kappa shape index (κ1) is 18.7. The molecule has 0 N–H and O–H groups in total. The van der Waals surface area contributed by atoms with Crippen LogP contribution in [-0.2, 0) is 0 Å². The summed E-state index contributed by atoms with van der Waals surface area (Å²) in [7, 11) is 0. The number of furan rings is 1. The highest BCUT2D eigenvalue weighted by Crippen LogP contribution is 2.48. The van der Waals surface area contributed by atoms with E-state index in [2.05, 4.69) is 36.4 Å². The van der Waals surface area contributed by atoms with Gasteiger partial charge >= 0.3 is 0 Å². The van der Waals surface area contributed by atoms with Crippen molar-refractivity contribution in [3.05, 3.63) is 170 Å². The van der Waals surface area contributed by atoms with Crippen molar-refractivity contribution in [3.8, 4) is 33.4 Å². The van der Waals surface area contributed by atoms with Crippen molar-refractivity contribution in [3.63, 3.8) is 0 Å². The summed E-state index contributed by atoms with van der Waals surface area (Å²) in [5.74, 6) is 0. The van der Waals surface area contributed by atoms with E-state index >= 15 is 0 Å². The number of rotatable bonds is 3. The topological polar surface area (TPSA) is 13.1 Å². The first-order valence-corrected chi connectivity index (χ1v) is 15.5. The van der Waals surface area contributed by atoms with Gasteiger partial charge in [0.15, 0.2) is 0 Å². The summed E-state index contributed by atoms with van der Waals surface area (Å²) in [5.41, 5.74) is 6.14. The molecule has 218 valence electrons. The summed E-state index contributed by atoms with van der Waals surface area (Å²) in [6, 6.07) is 33.8. The first-order chi connectivity index (χ1) is 27.1. The van der Waals surface area contributed by atoms with Crippen LogP contribution in [0.3, 0.4) is 0 Å². The average Bonchev–Trinajstić information content (AvgIpc) is 3.61. The third kappa shape index (κ3) is 3.90. The Morgan fingerprint density at radius 1 is 0.404 bits per heavy atom. The predicted octanol–water partition coefficient (Wildman–Crippen LogP) is 13.2. The lowest BCUT2D eigenvalue weighted by Crippen LogP contribution is -1.92. The molecule has 0 aliphatic rings. The van der Waals surface area contributed by atoms with Crippen LogP contribution in [0.15, 0.2) is 174 Å². The molecular weight excluding hydrogens is 569 g/mol. The molecule has 0 radical (unpaired) electrons. The zero-order valence-electron chi connectivity index (χ0n) is 33.9. The zero-order valence-corrected chi connectivity index (χ0v) is 24.9. The fraction of sp³-hybridized carbons (Fsp3) is 0. The highest BCUT2D eigenvalue weighted by molar-refractivity contribution is 6.28. The smallest absolute Gasteiger partial charge is 0.136 e. The standard InChI is InChI=1S/C46H28O/c1-2-13-29(14-3-1)30-25-26-39-43(28-30)47-42-24-12-23-40(46(39)42)44-35-19-8-10-21-37(35)45(38-22-11-9-20-36(38)44)41-27-31-15-4-5-16-32(31)33-17-6-7-18-34(33)41/h1-28H/i4D,5D,6D,7D,15D,16D,17D,18D,27D. The number of fused-ring (bicyclic) bond motifs is 8.